The van der Waals surface area contributed by atoms with Gasteiger partial charge in [0.25, 0.3) is 5.91 Å². The van der Waals surface area contributed by atoms with Crippen LogP contribution in [0.5, 0.6) is 0 Å². The number of benzene rings is 2. The summed E-state index contributed by atoms with van der Waals surface area (Å²) < 4.78 is 5.42. The third kappa shape index (κ3) is 6.39. The molecule has 0 unspecified atom stereocenters. The van der Waals surface area contributed by atoms with E-state index >= 15 is 0 Å². The maximum Gasteiger partial charge on any atom is 0.335 e. The lowest BCUT2D eigenvalue weighted by molar-refractivity contribution is 0.0350. The molecule has 1 amide bonds. The predicted molar refractivity (Wildman–Crippen MR) is 178 cm³/mol. The molecule has 9 heteroatoms. The predicted octanol–water partition coefficient (Wildman–Crippen LogP) is 5.82. The number of methoxy groups -OCH3 is 1. The smallest absolute Gasteiger partial charge is 0.335 e. The Balaban J connectivity index is 0.000000167. The topological polar surface area (TPSA) is 105 Å². The monoisotopic (exact) mass is 613 g/mol. The molecule has 1 saturated heterocycles. The minimum Gasteiger partial charge on any atom is -0.478 e. The van der Waals surface area contributed by atoms with Crippen molar-refractivity contribution in [3.63, 3.8) is 0 Å². The number of aromatic amines is 2. The molecule has 2 aromatic carbocycles. The molecular formula is C36H47N5O4. The van der Waals surface area contributed by atoms with Gasteiger partial charge in [-0.05, 0) is 88.1 Å². The van der Waals surface area contributed by atoms with E-state index in [9.17, 15) is 9.59 Å². The van der Waals surface area contributed by atoms with Crippen molar-refractivity contribution in [2.75, 3.05) is 33.3 Å². The first kappa shape index (κ1) is 31.3. The molecule has 240 valence electrons. The maximum absolute atomic E-state index is 13.0. The van der Waals surface area contributed by atoms with Crippen LogP contribution in [0.1, 0.15) is 83.8 Å². The highest BCUT2D eigenvalue weighted by Gasteiger charge is 2.26. The number of rotatable bonds is 5. The molecule has 3 aliphatic heterocycles. The molecule has 1 fully saturated rings. The van der Waals surface area contributed by atoms with Gasteiger partial charge >= 0.3 is 5.97 Å². The van der Waals surface area contributed by atoms with Crippen LogP contribution in [0.3, 0.4) is 0 Å². The molecule has 3 aliphatic rings. The molecule has 0 aliphatic carbocycles. The van der Waals surface area contributed by atoms with E-state index in [1.807, 2.05) is 17.0 Å². The summed E-state index contributed by atoms with van der Waals surface area (Å²) in [5.74, 6) is -0.721. The van der Waals surface area contributed by atoms with Gasteiger partial charge in [0.15, 0.2) is 0 Å². The van der Waals surface area contributed by atoms with Gasteiger partial charge in [0, 0.05) is 110 Å². The zero-order valence-electron chi connectivity index (χ0n) is 27.3. The van der Waals surface area contributed by atoms with Crippen LogP contribution >= 0.6 is 0 Å². The lowest BCUT2D eigenvalue weighted by atomic mass is 10.0. The number of fused-ring (bicyclic) bond motifs is 6. The van der Waals surface area contributed by atoms with Crippen LogP contribution in [0.15, 0.2) is 36.4 Å². The zero-order valence-corrected chi connectivity index (χ0v) is 27.3. The molecule has 2 aromatic heterocycles. The zero-order chi connectivity index (χ0) is 31.8. The second kappa shape index (κ2) is 13.0. The van der Waals surface area contributed by atoms with Crippen LogP contribution in [-0.2, 0) is 30.7 Å². The highest BCUT2D eigenvalue weighted by molar-refractivity contribution is 5.99. The molecule has 9 nitrogen and oxygen atoms in total. The normalized spacial score (nSPS) is 17.9. The summed E-state index contributed by atoms with van der Waals surface area (Å²) in [6, 6.07) is 12.5. The Labute approximate surface area is 265 Å². The molecule has 0 bridgehead atoms. The molecule has 45 heavy (non-hydrogen) atoms. The van der Waals surface area contributed by atoms with E-state index in [-0.39, 0.29) is 5.91 Å². The van der Waals surface area contributed by atoms with Crippen LogP contribution < -0.4 is 0 Å². The Bertz CT molecular complexity index is 1690. The number of aromatic nitrogens is 2. The fourth-order valence-electron chi connectivity index (χ4n) is 7.09. The fourth-order valence-corrected chi connectivity index (χ4v) is 7.09. The molecule has 0 radical (unpaired) electrons. The summed E-state index contributed by atoms with van der Waals surface area (Å²) in [5, 5.41) is 11.4. The number of ether oxygens (including phenoxy) is 1. The highest BCUT2D eigenvalue weighted by atomic mass is 16.5. The van der Waals surface area contributed by atoms with Crippen LogP contribution in [0.25, 0.3) is 21.8 Å². The maximum atomic E-state index is 13.0. The Morgan fingerprint density at radius 3 is 1.73 bits per heavy atom. The van der Waals surface area contributed by atoms with Crippen molar-refractivity contribution < 1.29 is 19.4 Å². The number of likely N-dealkylation sites (tertiary alicyclic amines) is 1. The Kier molecular flexibility index (Phi) is 9.04. The van der Waals surface area contributed by atoms with Crippen LogP contribution in [0.4, 0.5) is 0 Å². The van der Waals surface area contributed by atoms with Gasteiger partial charge in [-0.1, -0.05) is 0 Å². The third-order valence-corrected chi connectivity index (χ3v) is 10.0. The number of hydrogen-bond donors (Lipinski definition) is 3. The van der Waals surface area contributed by atoms with Crippen molar-refractivity contribution in [2.45, 2.75) is 84.7 Å². The van der Waals surface area contributed by atoms with Crippen molar-refractivity contribution in [1.29, 1.82) is 0 Å². The van der Waals surface area contributed by atoms with Gasteiger partial charge in [0.05, 0.1) is 11.7 Å². The van der Waals surface area contributed by atoms with Gasteiger partial charge < -0.3 is 24.7 Å². The Morgan fingerprint density at radius 2 is 1.27 bits per heavy atom. The van der Waals surface area contributed by atoms with E-state index in [0.29, 0.717) is 23.8 Å². The van der Waals surface area contributed by atoms with Gasteiger partial charge in [-0.3, -0.25) is 14.6 Å². The van der Waals surface area contributed by atoms with Crippen LogP contribution in [0.2, 0.25) is 0 Å². The number of nitrogens with zero attached hydrogens (tertiary/aromatic N) is 3. The van der Waals surface area contributed by atoms with Crippen molar-refractivity contribution in [1.82, 2.24) is 24.7 Å². The minimum atomic E-state index is -0.867. The first-order valence-electron chi connectivity index (χ1n) is 16.4. The molecule has 0 spiro atoms. The average molecular weight is 614 g/mol. The molecule has 7 rings (SSSR count). The number of aromatic carboxylic acids is 1. The first-order valence-corrected chi connectivity index (χ1v) is 16.4. The number of hydrogen-bond acceptors (Lipinski definition) is 5. The van der Waals surface area contributed by atoms with E-state index in [1.165, 1.54) is 27.9 Å². The van der Waals surface area contributed by atoms with Crippen LogP contribution in [-0.4, -0.2) is 93.1 Å². The number of H-pyrrole nitrogens is 2. The lowest BCUT2D eigenvalue weighted by Gasteiger charge is -2.31. The number of carbonyl (C=O) groups excluding carboxylic acids is 1. The molecule has 3 N–H and O–H groups in total. The summed E-state index contributed by atoms with van der Waals surface area (Å²) >= 11 is 0. The van der Waals surface area contributed by atoms with Crippen molar-refractivity contribution in [3.8, 4) is 0 Å². The summed E-state index contributed by atoms with van der Waals surface area (Å²) in [6.07, 6.45) is 4.20. The fraction of sp³-hybridized carbons (Fsp3) is 0.500. The van der Waals surface area contributed by atoms with E-state index in [2.05, 4.69) is 59.6 Å². The highest BCUT2D eigenvalue weighted by Crippen LogP contribution is 2.31. The molecule has 5 heterocycles. The first-order chi connectivity index (χ1) is 21.6. The van der Waals surface area contributed by atoms with Gasteiger partial charge in [0.2, 0.25) is 0 Å². The van der Waals surface area contributed by atoms with Crippen molar-refractivity contribution in [2.24, 2.45) is 0 Å². The number of carbonyl (C=O) groups is 2. The second-order valence-electron chi connectivity index (χ2n) is 13.3. The summed E-state index contributed by atoms with van der Waals surface area (Å²) in [6.45, 7) is 14.5. The second-order valence-corrected chi connectivity index (χ2v) is 13.3. The molecule has 0 atom stereocenters. The number of carboxylic acid groups (broad SMARTS) is 1. The average Bonchev–Trinajstić information content (AvgIpc) is 3.61. The van der Waals surface area contributed by atoms with E-state index in [0.717, 1.165) is 86.9 Å². The van der Waals surface area contributed by atoms with E-state index < -0.39 is 5.97 Å². The largest absolute Gasteiger partial charge is 0.478 e. The van der Waals surface area contributed by atoms with Crippen LogP contribution in [0, 0.1) is 0 Å². The van der Waals surface area contributed by atoms with E-state index in [4.69, 9.17) is 9.84 Å². The van der Waals surface area contributed by atoms with Gasteiger partial charge in [0.1, 0.15) is 0 Å². The number of nitrogens with one attached hydrogen (secondary N) is 2. The number of carboxylic acids is 1. The molecule has 0 saturated carbocycles. The van der Waals surface area contributed by atoms with Gasteiger partial charge in [-0.25, -0.2) is 4.79 Å². The minimum absolute atomic E-state index is 0.146. The standard InChI is InChI=1S/C21H29N3O2.C15H18N2O2/c1-14(2)24-11-8-20-18(13-24)17-12-15(4-5-19(17)22-20)21(25)23-9-6-16(26-3)7-10-23;1-9(2)17-6-5-14-12(8-17)11-7-10(15(18)19)3-4-13(11)16-14/h4-5,12,14,16,22H,6-11,13H2,1-3H3;3-4,7,9,16H,5-6,8H2,1-2H3,(H,18,19). The van der Waals surface area contributed by atoms with Gasteiger partial charge in [-0.2, -0.15) is 0 Å². The Hall–Kier alpha value is -3.66. The third-order valence-electron chi connectivity index (χ3n) is 10.0. The van der Waals surface area contributed by atoms with E-state index in [1.54, 1.807) is 19.2 Å². The van der Waals surface area contributed by atoms with Gasteiger partial charge in [-0.15, -0.1) is 0 Å². The lowest BCUT2D eigenvalue weighted by Crippen LogP contribution is -2.40. The summed E-state index contributed by atoms with van der Waals surface area (Å²) in [7, 11) is 1.76. The number of amides is 1. The number of piperidine rings is 1. The SMILES string of the molecule is CC(C)N1CCc2[nH]c3ccc(C(=O)O)cc3c2C1.COC1CCN(C(=O)c2ccc3[nH]c4c(c3c2)CN(C(C)C)CC4)CC1. The Morgan fingerprint density at radius 1 is 0.778 bits per heavy atom. The molecular weight excluding hydrogens is 566 g/mol. The summed E-state index contributed by atoms with van der Waals surface area (Å²) in [4.78, 5) is 37.9. The summed E-state index contributed by atoms with van der Waals surface area (Å²) in [5.41, 5.74) is 8.58. The van der Waals surface area contributed by atoms with Crippen molar-refractivity contribution in [3.05, 3.63) is 70.0 Å². The molecule has 4 aromatic rings. The quantitative estimate of drug-likeness (QED) is 0.262. The van der Waals surface area contributed by atoms with Crippen molar-refractivity contribution >= 4 is 33.7 Å².